The predicted octanol–water partition coefficient (Wildman–Crippen LogP) is 3.74. The average Bonchev–Trinajstić information content (AvgIpc) is 2.70. The highest BCUT2D eigenvalue weighted by Gasteiger charge is 2.47. The monoisotopic (exact) mass is 428 g/mol. The van der Waals surface area contributed by atoms with Crippen molar-refractivity contribution < 1.29 is 26.7 Å². The van der Waals surface area contributed by atoms with Gasteiger partial charge in [-0.25, -0.2) is 16.8 Å². The summed E-state index contributed by atoms with van der Waals surface area (Å²) in [5, 5.41) is 7.19. The molecule has 1 unspecified atom stereocenters. The maximum atomic E-state index is 11.8. The summed E-state index contributed by atoms with van der Waals surface area (Å²) < 4.78 is 45.9. The minimum absolute atomic E-state index is 0.231. The standard InChI is InChI=1S/C13H24O4S3.C4H8O2/c1-2-3-4-5-6-7-8-9-10-12-11-19(14,15)13(18)20(12,16)17;1-3(2)4(5)6/h12H,2-11H2,1H3;3H,1-2H3,(H,5,6). The third-order valence-corrected chi connectivity index (χ3v) is 10.4. The number of hydrogen-bond acceptors (Lipinski definition) is 6. The Morgan fingerprint density at radius 1 is 1.04 bits per heavy atom. The van der Waals surface area contributed by atoms with Crippen LogP contribution in [0.5, 0.6) is 0 Å². The van der Waals surface area contributed by atoms with Crippen molar-refractivity contribution in [1.29, 1.82) is 0 Å². The molecular weight excluding hydrogens is 396 g/mol. The van der Waals surface area contributed by atoms with Crippen LogP contribution in [0.3, 0.4) is 0 Å². The van der Waals surface area contributed by atoms with Gasteiger partial charge in [-0.3, -0.25) is 4.79 Å². The molecule has 154 valence electrons. The molecule has 1 N–H and O–H groups in total. The fraction of sp³-hybridized carbons (Fsp3) is 0.882. The van der Waals surface area contributed by atoms with Crippen molar-refractivity contribution in [2.24, 2.45) is 5.92 Å². The number of rotatable bonds is 10. The zero-order valence-electron chi connectivity index (χ0n) is 15.9. The Bertz CT molecular complexity index is 650. The Hall–Kier alpha value is -0.540. The number of sulfone groups is 2. The third-order valence-electron chi connectivity index (χ3n) is 4.20. The lowest BCUT2D eigenvalue weighted by molar-refractivity contribution is -0.140. The zero-order chi connectivity index (χ0) is 20.4. The molecule has 1 rings (SSSR count). The molecule has 0 aromatic rings. The fourth-order valence-electron chi connectivity index (χ4n) is 2.46. The van der Waals surface area contributed by atoms with Gasteiger partial charge in [-0.05, 0) is 6.42 Å². The summed E-state index contributed by atoms with van der Waals surface area (Å²) in [4.78, 5) is 9.70. The number of carboxylic acid groups (broad SMARTS) is 1. The highest BCUT2D eigenvalue weighted by molar-refractivity contribution is 8.43. The highest BCUT2D eigenvalue weighted by Crippen LogP contribution is 2.26. The summed E-state index contributed by atoms with van der Waals surface area (Å²) in [7, 11) is -7.43. The van der Waals surface area contributed by atoms with Crippen LogP contribution in [0.4, 0.5) is 0 Å². The first-order chi connectivity index (χ1) is 12.0. The largest absolute Gasteiger partial charge is 0.481 e. The zero-order valence-corrected chi connectivity index (χ0v) is 18.4. The number of thiocarbonyl (C=S) groups is 1. The summed E-state index contributed by atoms with van der Waals surface area (Å²) in [5.41, 5.74) is 0. The molecule has 1 aliphatic heterocycles. The Labute approximate surface area is 163 Å². The van der Waals surface area contributed by atoms with E-state index in [1.807, 2.05) is 0 Å². The van der Waals surface area contributed by atoms with E-state index in [9.17, 15) is 21.6 Å². The Kier molecular flexibility index (Phi) is 11.8. The Morgan fingerprint density at radius 3 is 1.81 bits per heavy atom. The van der Waals surface area contributed by atoms with Gasteiger partial charge in [0, 0.05) is 0 Å². The molecule has 1 atom stereocenters. The molecule has 0 aromatic carbocycles. The van der Waals surface area contributed by atoms with E-state index >= 15 is 0 Å². The van der Waals surface area contributed by atoms with Crippen LogP contribution in [-0.2, 0) is 24.5 Å². The van der Waals surface area contributed by atoms with Gasteiger partial charge >= 0.3 is 5.97 Å². The summed E-state index contributed by atoms with van der Waals surface area (Å²) in [6, 6.07) is 0. The number of carbonyl (C=O) groups is 1. The van der Waals surface area contributed by atoms with Crippen LogP contribution in [0.2, 0.25) is 0 Å². The molecule has 0 spiro atoms. The molecule has 9 heteroatoms. The van der Waals surface area contributed by atoms with Gasteiger partial charge in [0.1, 0.15) is 0 Å². The van der Waals surface area contributed by atoms with Crippen molar-refractivity contribution >= 4 is 41.4 Å². The molecule has 0 aromatic heterocycles. The molecule has 0 saturated carbocycles. The van der Waals surface area contributed by atoms with E-state index < -0.39 is 34.4 Å². The van der Waals surface area contributed by atoms with Gasteiger partial charge in [0.25, 0.3) is 0 Å². The minimum atomic E-state index is -3.73. The van der Waals surface area contributed by atoms with Gasteiger partial charge in [0.05, 0.1) is 16.9 Å². The molecular formula is C17H32O6S3. The first-order valence-electron chi connectivity index (χ1n) is 9.20. The van der Waals surface area contributed by atoms with E-state index in [1.54, 1.807) is 13.8 Å². The van der Waals surface area contributed by atoms with E-state index in [0.717, 1.165) is 19.3 Å². The van der Waals surface area contributed by atoms with E-state index in [-0.39, 0.29) is 11.7 Å². The molecule has 0 aliphatic carbocycles. The molecule has 0 bridgehead atoms. The fourth-order valence-corrected chi connectivity index (χ4v) is 7.90. The molecule has 6 nitrogen and oxygen atoms in total. The second-order valence-electron chi connectivity index (χ2n) is 6.95. The van der Waals surface area contributed by atoms with Gasteiger partial charge in [-0.1, -0.05) is 84.4 Å². The maximum absolute atomic E-state index is 11.8. The van der Waals surface area contributed by atoms with Crippen molar-refractivity contribution in [3.63, 3.8) is 0 Å². The molecule has 0 radical (unpaired) electrons. The van der Waals surface area contributed by atoms with Crippen molar-refractivity contribution in [2.75, 3.05) is 5.75 Å². The molecule has 1 heterocycles. The lowest BCUT2D eigenvalue weighted by Gasteiger charge is -2.06. The van der Waals surface area contributed by atoms with E-state index in [1.165, 1.54) is 32.1 Å². The number of unbranched alkanes of at least 4 members (excludes halogenated alkanes) is 7. The van der Waals surface area contributed by atoms with Crippen LogP contribution in [0.15, 0.2) is 0 Å². The van der Waals surface area contributed by atoms with Gasteiger partial charge in [0.15, 0.2) is 0 Å². The smallest absolute Gasteiger partial charge is 0.305 e. The van der Waals surface area contributed by atoms with Crippen molar-refractivity contribution in [3.05, 3.63) is 0 Å². The normalized spacial score (nSPS) is 20.6. The van der Waals surface area contributed by atoms with Gasteiger partial charge in [0.2, 0.25) is 23.2 Å². The van der Waals surface area contributed by atoms with E-state index in [4.69, 9.17) is 5.11 Å². The average molecular weight is 429 g/mol. The van der Waals surface area contributed by atoms with Crippen LogP contribution in [0, 0.1) is 5.92 Å². The van der Waals surface area contributed by atoms with Gasteiger partial charge in [-0.15, -0.1) is 0 Å². The first kappa shape index (κ1) is 25.5. The molecule has 0 amide bonds. The molecule has 1 saturated heterocycles. The first-order valence-corrected chi connectivity index (χ1v) is 12.8. The number of hydrogen-bond donors (Lipinski definition) is 1. The quantitative estimate of drug-likeness (QED) is 0.417. The van der Waals surface area contributed by atoms with E-state index in [2.05, 4.69) is 19.1 Å². The molecule has 1 fully saturated rings. The second kappa shape index (κ2) is 12.0. The summed E-state index contributed by atoms with van der Waals surface area (Å²) >= 11 is 4.55. The Balaban J connectivity index is 0.000000896. The second-order valence-corrected chi connectivity index (χ2v) is 12.3. The van der Waals surface area contributed by atoms with E-state index in [0.29, 0.717) is 6.42 Å². The van der Waals surface area contributed by atoms with Crippen LogP contribution < -0.4 is 0 Å². The number of carboxylic acids is 1. The minimum Gasteiger partial charge on any atom is -0.481 e. The van der Waals surface area contributed by atoms with Crippen molar-refractivity contribution in [2.45, 2.75) is 83.8 Å². The number of aliphatic carboxylic acids is 1. The topological polar surface area (TPSA) is 106 Å². The van der Waals surface area contributed by atoms with Gasteiger partial charge < -0.3 is 5.11 Å². The van der Waals surface area contributed by atoms with Gasteiger partial charge in [-0.2, -0.15) is 0 Å². The molecule has 1 aliphatic rings. The summed E-state index contributed by atoms with van der Waals surface area (Å²) in [6.07, 6.45) is 9.40. The van der Waals surface area contributed by atoms with Crippen LogP contribution in [0.1, 0.15) is 78.6 Å². The van der Waals surface area contributed by atoms with Crippen LogP contribution in [0.25, 0.3) is 0 Å². The van der Waals surface area contributed by atoms with Crippen molar-refractivity contribution in [3.8, 4) is 0 Å². The predicted molar refractivity (Wildman–Crippen MR) is 109 cm³/mol. The van der Waals surface area contributed by atoms with Crippen LogP contribution in [-0.4, -0.2) is 42.4 Å². The maximum Gasteiger partial charge on any atom is 0.305 e. The lowest BCUT2D eigenvalue weighted by atomic mass is 10.1. The summed E-state index contributed by atoms with van der Waals surface area (Å²) in [5.74, 6) is -1.29. The SMILES string of the molecule is CC(C)C(=O)O.CCCCCCCCCCC1CS(=O)(=O)C(=S)S1(=O)=O. The molecule has 26 heavy (non-hydrogen) atoms. The highest BCUT2D eigenvalue weighted by atomic mass is 32.3. The van der Waals surface area contributed by atoms with Crippen molar-refractivity contribution in [1.82, 2.24) is 0 Å². The third kappa shape index (κ3) is 8.90. The lowest BCUT2D eigenvalue weighted by Crippen LogP contribution is -2.19. The summed E-state index contributed by atoms with van der Waals surface area (Å²) in [6.45, 7) is 5.46. The Morgan fingerprint density at radius 2 is 1.46 bits per heavy atom. The van der Waals surface area contributed by atoms with Crippen LogP contribution >= 0.6 is 12.2 Å².